The number of ether oxygens (including phenoxy) is 1. The zero-order chi connectivity index (χ0) is 24.9. The summed E-state index contributed by atoms with van der Waals surface area (Å²) in [7, 11) is 0. The minimum Gasteiger partial charge on any atom is -0.693 e. The molecule has 0 unspecified atom stereocenters. The van der Waals surface area contributed by atoms with Gasteiger partial charge in [0.15, 0.2) is 0 Å². The smallest absolute Gasteiger partial charge is 0.128 e. The number of unbranched alkanes of at least 4 members (excludes halogenated alkanes) is 3. The van der Waals surface area contributed by atoms with Crippen LogP contribution < -0.4 is 9.84 Å². The van der Waals surface area contributed by atoms with Gasteiger partial charge in [0, 0.05) is 13.2 Å². The van der Waals surface area contributed by atoms with Crippen molar-refractivity contribution in [2.45, 2.75) is 89.8 Å². The normalized spacial score (nSPS) is 23.2. The van der Waals surface area contributed by atoms with Crippen LogP contribution in [0.15, 0.2) is 18.2 Å². The van der Waals surface area contributed by atoms with Crippen molar-refractivity contribution >= 4 is 5.97 Å². The molecule has 8 heteroatoms. The van der Waals surface area contributed by atoms with E-state index in [1.807, 2.05) is 12.1 Å². The molecule has 5 atom stereocenters. The van der Waals surface area contributed by atoms with E-state index in [1.54, 1.807) is 0 Å². The van der Waals surface area contributed by atoms with Crippen LogP contribution in [0.2, 0.25) is 0 Å². The maximum Gasteiger partial charge on any atom is 0.128 e. The standard InChI is InChI=1S/C23H34O5.C4H10O2.H2N/c1-2-3-4-7-17(24)9-10-18-19-11-15-6-5-8-22(28-14-23(26)27)20(15)12-16(19)13-21(18)25;5-3-1-2-4-6;/h5-6,8,16-19,21,24-25H,2-4,7,9-14H2,1H3,(H,26,27);5-6H,1-4H2;1H2/q;;-1/p-1/t16-,17-,18+,19-,21+;;/m0../s1. The Kier molecular flexibility index (Phi) is 15.1. The number of carbonyl (C=O) groups is 1. The largest absolute Gasteiger partial charge is 0.693 e. The Labute approximate surface area is 209 Å². The van der Waals surface area contributed by atoms with Crippen molar-refractivity contribution in [2.75, 3.05) is 19.8 Å². The molecule has 2 aliphatic carbocycles. The van der Waals surface area contributed by atoms with Crippen molar-refractivity contribution in [1.82, 2.24) is 0 Å². The topological polar surface area (TPSA) is 164 Å². The number of aliphatic hydroxyl groups excluding tert-OH is 4. The van der Waals surface area contributed by atoms with Crippen LogP contribution in [0.5, 0.6) is 5.75 Å². The van der Waals surface area contributed by atoms with Gasteiger partial charge in [-0.1, -0.05) is 38.3 Å². The molecule has 0 amide bonds. The van der Waals surface area contributed by atoms with Gasteiger partial charge in [-0.2, -0.15) is 0 Å². The number of fused-ring (bicyclic) bond motifs is 2. The molecule has 6 N–H and O–H groups in total. The van der Waals surface area contributed by atoms with Gasteiger partial charge in [0.1, 0.15) is 12.4 Å². The Bertz CT molecular complexity index is 725. The van der Waals surface area contributed by atoms with Gasteiger partial charge in [-0.25, -0.2) is 0 Å². The van der Waals surface area contributed by atoms with Gasteiger partial charge in [0.25, 0.3) is 0 Å². The summed E-state index contributed by atoms with van der Waals surface area (Å²) in [4.78, 5) is 10.7. The van der Waals surface area contributed by atoms with Crippen molar-refractivity contribution in [3.63, 3.8) is 0 Å². The summed E-state index contributed by atoms with van der Waals surface area (Å²) >= 11 is 0. The van der Waals surface area contributed by atoms with Gasteiger partial charge >= 0.3 is 0 Å². The van der Waals surface area contributed by atoms with Gasteiger partial charge in [-0.05, 0) is 86.3 Å². The second-order valence-electron chi connectivity index (χ2n) is 9.73. The fourth-order valence-corrected chi connectivity index (χ4v) is 5.46. The summed E-state index contributed by atoms with van der Waals surface area (Å²) < 4.78 is 5.44. The van der Waals surface area contributed by atoms with Crippen LogP contribution in [-0.2, 0) is 17.6 Å². The third-order valence-electron chi connectivity index (χ3n) is 7.23. The summed E-state index contributed by atoms with van der Waals surface area (Å²) in [6.07, 6.45) is 9.19. The second-order valence-corrected chi connectivity index (χ2v) is 9.73. The lowest BCUT2D eigenvalue weighted by Gasteiger charge is -2.32. The lowest BCUT2D eigenvalue weighted by atomic mass is 9.73. The van der Waals surface area contributed by atoms with E-state index in [0.29, 0.717) is 17.6 Å². The van der Waals surface area contributed by atoms with Gasteiger partial charge in [-0.15, -0.1) is 0 Å². The van der Waals surface area contributed by atoms with Crippen molar-refractivity contribution < 1.29 is 35.1 Å². The number of carboxylic acids is 1. The monoisotopic (exact) mass is 495 g/mol. The zero-order valence-electron chi connectivity index (χ0n) is 21.1. The van der Waals surface area contributed by atoms with Crippen LogP contribution in [0.4, 0.5) is 0 Å². The Hall–Kier alpha value is -1.71. The van der Waals surface area contributed by atoms with E-state index < -0.39 is 12.6 Å². The average Bonchev–Trinajstić information content (AvgIpc) is 3.12. The molecule has 0 radical (unpaired) electrons. The SMILES string of the molecule is CCCCC[C@H](O)CC[C@@H]1[C@H]2Cc3cccc(OCC(=O)[O-])c3C[C@H]2C[C@H]1O.OCCCCO.[NH2-]. The Morgan fingerprint density at radius 3 is 2.46 bits per heavy atom. The number of hydrogen-bond acceptors (Lipinski definition) is 7. The fraction of sp³-hybridized carbons (Fsp3) is 0.741. The maximum atomic E-state index is 10.7. The molecule has 8 nitrogen and oxygen atoms in total. The lowest BCUT2D eigenvalue weighted by Crippen LogP contribution is -2.30. The second kappa shape index (κ2) is 16.9. The highest BCUT2D eigenvalue weighted by atomic mass is 16.5. The first-order valence-corrected chi connectivity index (χ1v) is 12.9. The molecule has 1 aromatic rings. The first kappa shape index (κ1) is 31.3. The maximum absolute atomic E-state index is 10.7. The lowest BCUT2D eigenvalue weighted by molar-refractivity contribution is -0.307. The van der Waals surface area contributed by atoms with Crippen LogP contribution in [0.3, 0.4) is 0 Å². The highest BCUT2D eigenvalue weighted by molar-refractivity contribution is 5.66. The molecule has 0 aromatic heterocycles. The molecular formula is C27H45NO7-2. The number of aliphatic carboxylic acids is 1. The van der Waals surface area contributed by atoms with Gasteiger partial charge in [0.2, 0.25) is 0 Å². The van der Waals surface area contributed by atoms with E-state index in [2.05, 4.69) is 13.0 Å². The summed E-state index contributed by atoms with van der Waals surface area (Å²) in [5.74, 6) is 0.440. The molecule has 1 aromatic carbocycles. The molecule has 1 saturated carbocycles. The van der Waals surface area contributed by atoms with Crippen LogP contribution in [0.1, 0.15) is 75.8 Å². The molecule has 0 aliphatic heterocycles. The number of nitrogens with two attached hydrogens (primary N) is 1. The third-order valence-corrected chi connectivity index (χ3v) is 7.23. The van der Waals surface area contributed by atoms with Crippen LogP contribution in [0.25, 0.3) is 6.15 Å². The summed E-state index contributed by atoms with van der Waals surface area (Å²) in [6.45, 7) is 2.12. The highest BCUT2D eigenvalue weighted by Gasteiger charge is 2.44. The third kappa shape index (κ3) is 10.1. The highest BCUT2D eigenvalue weighted by Crippen LogP contribution is 2.48. The number of rotatable bonds is 13. The minimum absolute atomic E-state index is 0. The number of hydrogen-bond donors (Lipinski definition) is 4. The van der Waals surface area contributed by atoms with Crippen LogP contribution in [-0.4, -0.2) is 58.4 Å². The summed E-state index contributed by atoms with van der Waals surface area (Å²) in [6, 6.07) is 5.80. The van der Waals surface area contributed by atoms with Crippen molar-refractivity contribution in [3.8, 4) is 5.75 Å². The van der Waals surface area contributed by atoms with Crippen molar-refractivity contribution in [2.24, 2.45) is 17.8 Å². The fourth-order valence-electron chi connectivity index (χ4n) is 5.46. The number of benzene rings is 1. The molecule has 2 aliphatic rings. The van der Waals surface area contributed by atoms with E-state index in [1.165, 1.54) is 5.56 Å². The Morgan fingerprint density at radius 2 is 1.83 bits per heavy atom. The number of aliphatic hydroxyl groups is 4. The van der Waals surface area contributed by atoms with E-state index in [9.17, 15) is 20.1 Å². The van der Waals surface area contributed by atoms with Gasteiger partial charge in [-0.3, -0.25) is 0 Å². The number of carboxylic acid groups (broad SMARTS) is 1. The van der Waals surface area contributed by atoms with E-state index in [-0.39, 0.29) is 37.5 Å². The molecule has 35 heavy (non-hydrogen) atoms. The van der Waals surface area contributed by atoms with Gasteiger partial charge < -0.3 is 41.2 Å². The first-order chi connectivity index (χ1) is 16.4. The predicted molar refractivity (Wildman–Crippen MR) is 134 cm³/mol. The van der Waals surface area contributed by atoms with Crippen LogP contribution in [0, 0.1) is 17.8 Å². The molecule has 0 heterocycles. The van der Waals surface area contributed by atoms with E-state index in [0.717, 1.165) is 76.2 Å². The molecule has 0 bridgehead atoms. The quantitative estimate of drug-likeness (QED) is 0.306. The van der Waals surface area contributed by atoms with E-state index >= 15 is 0 Å². The molecule has 202 valence electrons. The Balaban J connectivity index is 0.000000780. The minimum atomic E-state index is -1.22. The average molecular weight is 496 g/mol. The summed E-state index contributed by atoms with van der Waals surface area (Å²) in [5, 5.41) is 47.8. The Morgan fingerprint density at radius 1 is 1.11 bits per heavy atom. The molecule has 0 spiro atoms. The molecular weight excluding hydrogens is 450 g/mol. The van der Waals surface area contributed by atoms with E-state index in [4.69, 9.17) is 14.9 Å². The molecule has 1 fully saturated rings. The molecule has 0 saturated heterocycles. The molecule has 3 rings (SSSR count). The summed E-state index contributed by atoms with van der Waals surface area (Å²) in [5.41, 5.74) is 2.28. The predicted octanol–water partition coefficient (Wildman–Crippen LogP) is 2.72. The number of carbonyl (C=O) groups excluding carboxylic acids is 1. The zero-order valence-corrected chi connectivity index (χ0v) is 21.1. The van der Waals surface area contributed by atoms with Crippen LogP contribution >= 0.6 is 0 Å². The van der Waals surface area contributed by atoms with Crippen molar-refractivity contribution in [1.29, 1.82) is 0 Å². The first-order valence-electron chi connectivity index (χ1n) is 12.9. The van der Waals surface area contributed by atoms with Crippen molar-refractivity contribution in [3.05, 3.63) is 35.5 Å². The van der Waals surface area contributed by atoms with Gasteiger partial charge in [0.05, 0.1) is 18.2 Å².